The lowest BCUT2D eigenvalue weighted by Crippen LogP contribution is -2.29. The Bertz CT molecular complexity index is 1230. The first-order chi connectivity index (χ1) is 14.8. The summed E-state index contributed by atoms with van der Waals surface area (Å²) in [6.07, 6.45) is 1.71. The molecule has 1 aromatic carbocycles. The Labute approximate surface area is 175 Å². The van der Waals surface area contributed by atoms with Crippen LogP contribution in [-0.4, -0.2) is 37.7 Å². The van der Waals surface area contributed by atoms with Crippen molar-refractivity contribution in [2.75, 3.05) is 6.61 Å². The van der Waals surface area contributed by atoms with Gasteiger partial charge in [-0.25, -0.2) is 9.18 Å². The fraction of sp³-hybridized carbons (Fsp3) is 0.412. The molecule has 8 nitrogen and oxygen atoms in total. The molecule has 32 heavy (non-hydrogen) atoms. The van der Waals surface area contributed by atoms with Crippen LogP contribution < -0.4 is 14.3 Å². The number of esters is 1. The van der Waals surface area contributed by atoms with Gasteiger partial charge in [0.05, 0.1) is 17.5 Å². The molecular weight excluding hydrogens is 476 g/mol. The number of nitrogens with zero attached hydrogens (tertiary/aromatic N) is 1. The summed E-state index contributed by atoms with van der Waals surface area (Å²) in [7, 11) is -6.48. The molecule has 0 radical (unpaired) electrons. The van der Waals surface area contributed by atoms with Crippen molar-refractivity contribution in [1.29, 1.82) is 0 Å². The zero-order chi connectivity index (χ0) is 24.0. The monoisotopic (exact) mass is 489 g/mol. The second-order valence-electron chi connectivity index (χ2n) is 6.51. The molecule has 1 fully saturated rings. The molecule has 0 saturated heterocycles. The number of fused-ring (bicyclic) bond motifs is 1. The second-order valence-corrected chi connectivity index (χ2v) is 8.04. The van der Waals surface area contributed by atoms with Gasteiger partial charge in [-0.3, -0.25) is 4.79 Å². The molecule has 176 valence electrons. The van der Waals surface area contributed by atoms with Crippen LogP contribution in [0.4, 0.5) is 26.3 Å². The first kappa shape index (κ1) is 23.7. The Balaban J connectivity index is 2.39. The van der Waals surface area contributed by atoms with Crippen LogP contribution in [0, 0.1) is 5.82 Å². The van der Waals surface area contributed by atoms with Gasteiger partial charge in [0.1, 0.15) is 5.56 Å². The molecule has 1 aromatic heterocycles. The maximum atomic E-state index is 14.6. The Hall–Kier alpha value is -2.97. The number of carbonyl (C=O) groups excluding carboxylic acids is 1. The van der Waals surface area contributed by atoms with Crippen molar-refractivity contribution in [2.45, 2.75) is 37.9 Å². The van der Waals surface area contributed by atoms with Crippen LogP contribution in [0.5, 0.6) is 11.5 Å². The van der Waals surface area contributed by atoms with E-state index in [1.54, 1.807) is 0 Å². The first-order valence-electron chi connectivity index (χ1n) is 8.82. The summed E-state index contributed by atoms with van der Waals surface area (Å²) < 4.78 is 115. The molecule has 0 spiro atoms. The van der Waals surface area contributed by atoms with Crippen LogP contribution in [0.2, 0.25) is 0 Å². The van der Waals surface area contributed by atoms with Crippen LogP contribution in [-0.2, 0) is 14.9 Å². The van der Waals surface area contributed by atoms with E-state index < -0.39 is 73.5 Å². The smallest absolute Gasteiger partial charge is 0.462 e. The lowest BCUT2D eigenvalue weighted by Gasteiger charge is -2.19. The van der Waals surface area contributed by atoms with Crippen molar-refractivity contribution in [3.05, 3.63) is 33.9 Å². The van der Waals surface area contributed by atoms with E-state index in [1.807, 2.05) is 0 Å². The summed E-state index contributed by atoms with van der Waals surface area (Å²) in [4.78, 5) is 24.8. The normalized spacial score (nSPS) is 14.6. The minimum absolute atomic E-state index is 0.129. The maximum absolute atomic E-state index is 14.6. The highest BCUT2D eigenvalue weighted by Gasteiger charge is 2.49. The molecule has 1 heterocycles. The molecule has 0 aliphatic heterocycles. The summed E-state index contributed by atoms with van der Waals surface area (Å²) >= 11 is 0. The Morgan fingerprint density at radius 2 is 1.88 bits per heavy atom. The molecule has 1 aliphatic rings. The van der Waals surface area contributed by atoms with Gasteiger partial charge in [-0.2, -0.15) is 30.4 Å². The summed E-state index contributed by atoms with van der Waals surface area (Å²) in [6, 6.07) is -0.248. The predicted octanol–water partition coefficient (Wildman–Crippen LogP) is 3.48. The van der Waals surface area contributed by atoms with Crippen LogP contribution >= 0.6 is 0 Å². The zero-order valence-corrected chi connectivity index (χ0v) is 16.7. The molecule has 1 aliphatic carbocycles. The average Bonchev–Trinajstić information content (AvgIpc) is 3.49. The number of aromatic nitrogens is 1. The van der Waals surface area contributed by atoms with Gasteiger partial charge in [-0.05, 0) is 25.8 Å². The molecule has 0 unspecified atom stereocenters. The number of hydrogen-bond acceptors (Lipinski definition) is 7. The van der Waals surface area contributed by atoms with Crippen molar-refractivity contribution >= 4 is 27.0 Å². The van der Waals surface area contributed by atoms with E-state index in [9.17, 15) is 44.3 Å². The Morgan fingerprint density at radius 3 is 2.38 bits per heavy atom. The molecule has 0 atom stereocenters. The molecule has 0 bridgehead atoms. The molecule has 1 saturated carbocycles. The largest absolute Gasteiger partial charge is 0.534 e. The number of alkyl halides is 5. The van der Waals surface area contributed by atoms with Gasteiger partial charge in [0, 0.05) is 12.2 Å². The quantitative estimate of drug-likeness (QED) is 0.254. The summed E-state index contributed by atoms with van der Waals surface area (Å²) in [5.74, 6) is -6.28. The van der Waals surface area contributed by atoms with Gasteiger partial charge in [0.2, 0.25) is 11.2 Å². The summed E-state index contributed by atoms with van der Waals surface area (Å²) in [6.45, 7) is -2.45. The third-order valence-corrected chi connectivity index (χ3v) is 5.25. The fourth-order valence-corrected chi connectivity index (χ4v) is 3.33. The number of hydrogen-bond donors (Lipinski definition) is 0. The van der Waals surface area contributed by atoms with Gasteiger partial charge in [0.15, 0.2) is 11.6 Å². The maximum Gasteiger partial charge on any atom is 0.534 e. The molecule has 3 rings (SSSR count). The van der Waals surface area contributed by atoms with Crippen LogP contribution in [0.25, 0.3) is 10.9 Å². The van der Waals surface area contributed by atoms with Crippen molar-refractivity contribution in [3.63, 3.8) is 0 Å². The van der Waals surface area contributed by atoms with Crippen molar-refractivity contribution in [2.24, 2.45) is 0 Å². The third-order valence-electron chi connectivity index (χ3n) is 4.30. The molecule has 15 heteroatoms. The predicted molar refractivity (Wildman–Crippen MR) is 94.6 cm³/mol. The van der Waals surface area contributed by atoms with E-state index in [4.69, 9.17) is 4.74 Å². The summed E-state index contributed by atoms with van der Waals surface area (Å²) in [5, 5.41) is -0.729. The van der Waals surface area contributed by atoms with E-state index in [0.717, 1.165) is 10.8 Å². The van der Waals surface area contributed by atoms with Gasteiger partial charge in [-0.15, -0.1) is 0 Å². The number of ether oxygens (including phenoxy) is 2. The average molecular weight is 489 g/mol. The van der Waals surface area contributed by atoms with Crippen LogP contribution in [0.1, 0.15) is 36.2 Å². The van der Waals surface area contributed by atoms with Crippen molar-refractivity contribution < 1.29 is 53.2 Å². The molecule has 2 aromatic rings. The number of benzene rings is 1. The minimum Gasteiger partial charge on any atom is -0.462 e. The van der Waals surface area contributed by atoms with Crippen LogP contribution in [0.3, 0.4) is 0 Å². The highest BCUT2D eigenvalue weighted by Crippen LogP contribution is 2.45. The SMILES string of the molecule is CCOC(=O)c1cn(C2CC2)c2c(OC(F)F)c(OS(=O)(=O)C(F)(F)F)c(F)cc2c1=O. The van der Waals surface area contributed by atoms with Gasteiger partial charge < -0.3 is 18.2 Å². The standard InChI is InChI=1S/C17H13F6NO7S/c1-2-29-15(26)9-6-24(7-3-4-7)11-8(12(9)25)5-10(18)13(14(11)30-16(19)20)31-32(27,28)17(21,22)23/h5-7,16H,2-4H2,1H3. The highest BCUT2D eigenvalue weighted by molar-refractivity contribution is 7.88. The Morgan fingerprint density at radius 1 is 1.25 bits per heavy atom. The first-order valence-corrected chi connectivity index (χ1v) is 10.2. The molecule has 0 N–H and O–H groups in total. The summed E-state index contributed by atoms with van der Waals surface area (Å²) in [5.41, 5.74) is -8.47. The van der Waals surface area contributed by atoms with E-state index in [1.165, 1.54) is 6.92 Å². The van der Waals surface area contributed by atoms with Crippen molar-refractivity contribution in [3.8, 4) is 11.5 Å². The third kappa shape index (κ3) is 4.33. The van der Waals surface area contributed by atoms with Gasteiger partial charge >= 0.3 is 28.2 Å². The highest BCUT2D eigenvalue weighted by atomic mass is 32.2. The van der Waals surface area contributed by atoms with Gasteiger partial charge in [-0.1, -0.05) is 0 Å². The second kappa shape index (κ2) is 8.18. The number of rotatable bonds is 7. The topological polar surface area (TPSA) is 101 Å². The fourth-order valence-electron chi connectivity index (χ4n) is 2.86. The zero-order valence-electron chi connectivity index (χ0n) is 15.9. The lowest BCUT2D eigenvalue weighted by atomic mass is 10.1. The molecule has 0 amide bonds. The minimum atomic E-state index is -6.48. The Kier molecular flexibility index (Phi) is 6.06. The van der Waals surface area contributed by atoms with E-state index >= 15 is 0 Å². The van der Waals surface area contributed by atoms with E-state index in [-0.39, 0.29) is 12.7 Å². The van der Waals surface area contributed by atoms with E-state index in [2.05, 4.69) is 8.92 Å². The van der Waals surface area contributed by atoms with Gasteiger partial charge in [0.25, 0.3) is 0 Å². The number of halogens is 6. The van der Waals surface area contributed by atoms with Crippen LogP contribution in [0.15, 0.2) is 17.1 Å². The number of carbonyl (C=O) groups is 1. The van der Waals surface area contributed by atoms with E-state index in [0.29, 0.717) is 12.8 Å². The van der Waals surface area contributed by atoms with Crippen molar-refractivity contribution in [1.82, 2.24) is 4.57 Å². The lowest BCUT2D eigenvalue weighted by molar-refractivity contribution is -0.0534. The number of pyridine rings is 1. The molecular formula is C17H13F6NO7S.